The zero-order valence-electron chi connectivity index (χ0n) is 17.2. The van der Waals surface area contributed by atoms with Crippen molar-refractivity contribution in [2.75, 3.05) is 6.54 Å². The minimum atomic E-state index is -0.536. The van der Waals surface area contributed by atoms with E-state index < -0.39 is 12.1 Å². The largest absolute Gasteiger partial charge is 0.392 e. The number of nitrogens with one attached hydrogen (secondary N) is 2. The molecule has 7 nitrogen and oxygen atoms in total. The van der Waals surface area contributed by atoms with Gasteiger partial charge in [0.1, 0.15) is 10.8 Å². The van der Waals surface area contributed by atoms with Crippen molar-refractivity contribution in [1.82, 2.24) is 25.2 Å². The van der Waals surface area contributed by atoms with Gasteiger partial charge in [-0.1, -0.05) is 35.9 Å². The average Bonchev–Trinajstić information content (AvgIpc) is 3.51. The first-order valence-electron chi connectivity index (χ1n) is 10.4. The third-order valence-corrected chi connectivity index (χ3v) is 6.75. The van der Waals surface area contributed by atoms with Gasteiger partial charge in [0.25, 0.3) is 0 Å². The lowest BCUT2D eigenvalue weighted by Gasteiger charge is -2.22. The van der Waals surface area contributed by atoms with E-state index in [1.165, 1.54) is 0 Å². The van der Waals surface area contributed by atoms with Gasteiger partial charge in [0.2, 0.25) is 5.91 Å². The molecular formula is C23H22ClN5O2S. The highest BCUT2D eigenvalue weighted by atomic mass is 35.5. The summed E-state index contributed by atoms with van der Waals surface area (Å²) in [7, 11) is 0. The number of aliphatic hydroxyl groups excluding tert-OH is 1. The molecule has 3 heterocycles. The summed E-state index contributed by atoms with van der Waals surface area (Å²) >= 11 is 7.53. The standard InChI is InChI=1S/C23H22ClN5O2S/c24-15-7-5-14(6-8-15)23-26-16(13-32-23)11-29-12-17(30)9-20(29)22(31)25-10-21-27-18-3-1-2-4-19(18)28-21/h1-8,13,17,20,30H,9-12H2,(H,25,31)(H,27,28)/t17-,20?/m1/s1. The number of aromatic nitrogens is 3. The van der Waals surface area contributed by atoms with Crippen molar-refractivity contribution < 1.29 is 9.90 Å². The molecule has 0 aliphatic carbocycles. The van der Waals surface area contributed by atoms with Gasteiger partial charge in [-0.15, -0.1) is 11.3 Å². The number of carbonyl (C=O) groups is 1. The number of carbonyl (C=O) groups excluding carboxylic acids is 1. The molecule has 0 radical (unpaired) electrons. The number of H-pyrrole nitrogens is 1. The highest BCUT2D eigenvalue weighted by Gasteiger charge is 2.36. The fourth-order valence-electron chi connectivity index (χ4n) is 4.02. The number of β-amino-alcohol motifs (C(OH)–C–C–N with tert-alkyl or cyclic N) is 1. The Bertz CT molecular complexity index is 1210. The van der Waals surface area contributed by atoms with E-state index in [0.717, 1.165) is 27.3 Å². The summed E-state index contributed by atoms with van der Waals surface area (Å²) in [5, 5.41) is 16.8. The van der Waals surface area contributed by atoms with Gasteiger partial charge in [-0.05, 0) is 30.7 Å². The molecular weight excluding hydrogens is 446 g/mol. The number of imidazole rings is 1. The summed E-state index contributed by atoms with van der Waals surface area (Å²) in [4.78, 5) is 27.3. The van der Waals surface area contributed by atoms with Gasteiger partial charge in [0.05, 0.1) is 35.4 Å². The number of nitrogens with zero attached hydrogens (tertiary/aromatic N) is 3. The highest BCUT2D eigenvalue weighted by molar-refractivity contribution is 7.13. The molecule has 2 aromatic heterocycles. The molecule has 1 fully saturated rings. The van der Waals surface area contributed by atoms with Crippen molar-refractivity contribution in [2.45, 2.75) is 31.7 Å². The lowest BCUT2D eigenvalue weighted by molar-refractivity contribution is -0.125. The molecule has 2 aromatic carbocycles. The van der Waals surface area contributed by atoms with Crippen LogP contribution in [0.5, 0.6) is 0 Å². The van der Waals surface area contributed by atoms with E-state index in [0.29, 0.717) is 36.9 Å². The Morgan fingerprint density at radius 2 is 2.03 bits per heavy atom. The quantitative estimate of drug-likeness (QED) is 0.403. The summed E-state index contributed by atoms with van der Waals surface area (Å²) in [5.74, 6) is 0.590. The van der Waals surface area contributed by atoms with E-state index in [1.54, 1.807) is 11.3 Å². The monoisotopic (exact) mass is 467 g/mol. The lowest BCUT2D eigenvalue weighted by atomic mass is 10.2. The van der Waals surface area contributed by atoms with Gasteiger partial charge in [0, 0.05) is 29.1 Å². The number of para-hydroxylation sites is 2. The Kier molecular flexibility index (Phi) is 5.93. The van der Waals surface area contributed by atoms with Gasteiger partial charge in [0.15, 0.2) is 0 Å². The second-order valence-corrected chi connectivity index (χ2v) is 9.20. The Labute approximate surface area is 194 Å². The zero-order valence-corrected chi connectivity index (χ0v) is 18.7. The van der Waals surface area contributed by atoms with E-state index >= 15 is 0 Å². The highest BCUT2D eigenvalue weighted by Crippen LogP contribution is 2.27. The maximum absolute atomic E-state index is 12.9. The topological polar surface area (TPSA) is 94.1 Å². The van der Waals surface area contributed by atoms with E-state index in [2.05, 4.69) is 15.3 Å². The minimum absolute atomic E-state index is 0.116. The van der Waals surface area contributed by atoms with Gasteiger partial charge < -0.3 is 15.4 Å². The number of aliphatic hydroxyl groups is 1. The van der Waals surface area contributed by atoms with E-state index in [1.807, 2.05) is 58.8 Å². The first-order chi connectivity index (χ1) is 15.5. The average molecular weight is 468 g/mol. The first kappa shape index (κ1) is 21.1. The Morgan fingerprint density at radius 3 is 2.84 bits per heavy atom. The van der Waals surface area contributed by atoms with Crippen LogP contribution in [0.15, 0.2) is 53.9 Å². The molecule has 0 bridgehead atoms. The van der Waals surface area contributed by atoms with Crippen LogP contribution < -0.4 is 5.32 Å². The number of hydrogen-bond acceptors (Lipinski definition) is 6. The predicted octanol–water partition coefficient (Wildman–Crippen LogP) is 3.59. The van der Waals surface area contributed by atoms with Crippen molar-refractivity contribution in [3.05, 3.63) is 70.5 Å². The minimum Gasteiger partial charge on any atom is -0.392 e. The number of likely N-dealkylation sites (tertiary alicyclic amines) is 1. The van der Waals surface area contributed by atoms with Crippen LogP contribution >= 0.6 is 22.9 Å². The third kappa shape index (κ3) is 4.54. The summed E-state index contributed by atoms with van der Waals surface area (Å²) < 4.78 is 0. The fourth-order valence-corrected chi connectivity index (χ4v) is 4.96. The molecule has 3 N–H and O–H groups in total. The Hall–Kier alpha value is -2.78. The fraction of sp³-hybridized carbons (Fsp3) is 0.261. The maximum atomic E-state index is 12.9. The van der Waals surface area contributed by atoms with Crippen molar-refractivity contribution in [3.63, 3.8) is 0 Å². The number of thiazole rings is 1. The zero-order chi connectivity index (χ0) is 22.1. The smallest absolute Gasteiger partial charge is 0.237 e. The van der Waals surface area contributed by atoms with E-state index in [4.69, 9.17) is 16.6 Å². The van der Waals surface area contributed by atoms with Gasteiger partial charge in [-0.3, -0.25) is 9.69 Å². The van der Waals surface area contributed by atoms with E-state index in [9.17, 15) is 9.90 Å². The van der Waals surface area contributed by atoms with Crippen LogP contribution in [0, 0.1) is 0 Å². The van der Waals surface area contributed by atoms with Crippen LogP contribution in [0.25, 0.3) is 21.6 Å². The van der Waals surface area contributed by atoms with Crippen LogP contribution in [0.4, 0.5) is 0 Å². The molecule has 32 heavy (non-hydrogen) atoms. The summed E-state index contributed by atoms with van der Waals surface area (Å²) in [6, 6.07) is 14.9. The van der Waals surface area contributed by atoms with Crippen LogP contribution in [-0.4, -0.2) is 49.6 Å². The molecule has 0 saturated carbocycles. The van der Waals surface area contributed by atoms with Crippen molar-refractivity contribution in [3.8, 4) is 10.6 Å². The van der Waals surface area contributed by atoms with Gasteiger partial charge in [-0.2, -0.15) is 0 Å². The Balaban J connectivity index is 1.24. The number of aromatic amines is 1. The van der Waals surface area contributed by atoms with Crippen LogP contribution in [0.3, 0.4) is 0 Å². The number of hydrogen-bond donors (Lipinski definition) is 3. The molecule has 5 rings (SSSR count). The second kappa shape index (κ2) is 8.99. The summed E-state index contributed by atoms with van der Waals surface area (Å²) in [5.41, 5.74) is 3.70. The molecule has 2 atom stereocenters. The number of halogens is 1. The van der Waals surface area contributed by atoms with Crippen LogP contribution in [-0.2, 0) is 17.9 Å². The molecule has 1 saturated heterocycles. The van der Waals surface area contributed by atoms with E-state index in [-0.39, 0.29) is 5.91 Å². The van der Waals surface area contributed by atoms with Crippen molar-refractivity contribution >= 4 is 39.9 Å². The summed E-state index contributed by atoms with van der Waals surface area (Å²) in [6.45, 7) is 1.26. The molecule has 1 aliphatic rings. The van der Waals surface area contributed by atoms with Crippen LogP contribution in [0.1, 0.15) is 17.9 Å². The SMILES string of the molecule is O=C(NCc1nc2ccccc2[nH]1)C1C[C@@H](O)CN1Cc1csc(-c2ccc(Cl)cc2)n1. The number of fused-ring (bicyclic) bond motifs is 1. The Morgan fingerprint density at radius 1 is 1.22 bits per heavy atom. The number of benzene rings is 2. The summed E-state index contributed by atoms with van der Waals surface area (Å²) in [6.07, 6.45) is -0.133. The normalized spacial score (nSPS) is 18.9. The van der Waals surface area contributed by atoms with Crippen molar-refractivity contribution in [2.24, 2.45) is 0 Å². The number of amides is 1. The first-order valence-corrected chi connectivity index (χ1v) is 11.6. The third-order valence-electron chi connectivity index (χ3n) is 5.56. The maximum Gasteiger partial charge on any atom is 0.237 e. The lowest BCUT2D eigenvalue weighted by Crippen LogP contribution is -2.42. The molecule has 9 heteroatoms. The molecule has 1 amide bonds. The second-order valence-electron chi connectivity index (χ2n) is 7.90. The molecule has 0 spiro atoms. The number of rotatable bonds is 6. The molecule has 1 unspecified atom stereocenters. The van der Waals surface area contributed by atoms with Crippen molar-refractivity contribution in [1.29, 1.82) is 0 Å². The van der Waals surface area contributed by atoms with Gasteiger partial charge in [-0.25, -0.2) is 9.97 Å². The predicted molar refractivity (Wildman–Crippen MR) is 125 cm³/mol. The van der Waals surface area contributed by atoms with Gasteiger partial charge >= 0.3 is 0 Å². The molecule has 4 aromatic rings. The van der Waals surface area contributed by atoms with Crippen LogP contribution in [0.2, 0.25) is 5.02 Å². The molecule has 164 valence electrons. The molecule has 1 aliphatic heterocycles.